The first-order valence-corrected chi connectivity index (χ1v) is 14.6. The molecule has 4 aliphatic rings. The molecule has 0 bridgehead atoms. The maximum Gasteiger partial charge on any atom is 0.349 e. The van der Waals surface area contributed by atoms with Gasteiger partial charge in [-0.25, -0.2) is 4.79 Å². The van der Waals surface area contributed by atoms with E-state index in [1.807, 2.05) is 0 Å². The van der Waals surface area contributed by atoms with Gasteiger partial charge in [0.1, 0.15) is 11.5 Å². The van der Waals surface area contributed by atoms with Crippen molar-refractivity contribution < 1.29 is 24.2 Å². The van der Waals surface area contributed by atoms with Gasteiger partial charge in [0, 0.05) is 16.9 Å². The van der Waals surface area contributed by atoms with Gasteiger partial charge in [0.05, 0.1) is 12.7 Å². The Morgan fingerprint density at radius 1 is 1.05 bits per heavy atom. The zero-order chi connectivity index (χ0) is 27.0. The predicted molar refractivity (Wildman–Crippen MR) is 146 cm³/mol. The van der Waals surface area contributed by atoms with Crippen molar-refractivity contribution in [1.29, 1.82) is 0 Å². The molecule has 0 saturated heterocycles. The third kappa shape index (κ3) is 5.59. The van der Waals surface area contributed by atoms with Crippen LogP contribution in [0.5, 0.6) is 5.75 Å². The molecule has 1 aromatic rings. The lowest BCUT2D eigenvalue weighted by Crippen LogP contribution is -2.54. The number of ketones is 1. The number of carbonyl (C=O) groups excluding carboxylic acids is 2. The smallest absolute Gasteiger partial charge is 0.349 e. The summed E-state index contributed by atoms with van der Waals surface area (Å²) in [5, 5.41) is 10.7. The predicted octanol–water partition coefficient (Wildman–Crippen LogP) is 7.02. The molecule has 1 aromatic carbocycles. The van der Waals surface area contributed by atoms with Crippen LogP contribution >= 0.6 is 11.6 Å². The topological polar surface area (TPSA) is 72.8 Å². The van der Waals surface area contributed by atoms with Crippen molar-refractivity contribution in [2.24, 2.45) is 34.5 Å². The molecule has 37 heavy (non-hydrogen) atoms. The van der Waals surface area contributed by atoms with Gasteiger partial charge in [0.15, 0.2) is 5.60 Å². The van der Waals surface area contributed by atoms with E-state index >= 15 is 0 Å². The molecule has 0 radical (unpaired) electrons. The Morgan fingerprint density at radius 3 is 2.43 bits per heavy atom. The monoisotopic (exact) mass is 532 g/mol. The van der Waals surface area contributed by atoms with E-state index in [1.165, 1.54) is 25.7 Å². The van der Waals surface area contributed by atoms with Crippen LogP contribution in [0.15, 0.2) is 24.3 Å². The number of halogens is 1. The van der Waals surface area contributed by atoms with Crippen LogP contribution < -0.4 is 4.74 Å². The fourth-order valence-electron chi connectivity index (χ4n) is 8.15. The molecule has 6 heteroatoms. The third-order valence-corrected chi connectivity index (χ3v) is 10.6. The van der Waals surface area contributed by atoms with Crippen molar-refractivity contribution in [2.45, 2.75) is 104 Å². The van der Waals surface area contributed by atoms with E-state index in [9.17, 15) is 14.7 Å². The van der Waals surface area contributed by atoms with Crippen LogP contribution in [0.25, 0.3) is 0 Å². The molecule has 0 aromatic heterocycles. The van der Waals surface area contributed by atoms with Gasteiger partial charge in [-0.05, 0) is 125 Å². The van der Waals surface area contributed by atoms with Gasteiger partial charge in [0.25, 0.3) is 0 Å². The molecule has 0 amide bonds. The van der Waals surface area contributed by atoms with Crippen molar-refractivity contribution in [1.82, 2.24) is 0 Å². The third-order valence-electron chi connectivity index (χ3n) is 10.3. The normalized spacial score (nSPS) is 36.8. The van der Waals surface area contributed by atoms with E-state index in [0.29, 0.717) is 34.5 Å². The van der Waals surface area contributed by atoms with Crippen LogP contribution in [0.4, 0.5) is 0 Å². The molecule has 5 nitrogen and oxygen atoms in total. The van der Waals surface area contributed by atoms with Crippen LogP contribution in [0.1, 0.15) is 92.4 Å². The summed E-state index contributed by atoms with van der Waals surface area (Å²) < 4.78 is 10.5. The summed E-state index contributed by atoms with van der Waals surface area (Å²) in [5.74, 6) is 3.74. The second kappa shape index (κ2) is 10.9. The van der Waals surface area contributed by atoms with Crippen LogP contribution in [0.2, 0.25) is 5.02 Å². The molecular formula is C31H45ClO5. The maximum absolute atomic E-state index is 12.4. The summed E-state index contributed by atoms with van der Waals surface area (Å²) in [6.45, 7) is 10.2. The summed E-state index contributed by atoms with van der Waals surface area (Å²) in [7, 11) is 0. The van der Waals surface area contributed by atoms with Crippen molar-refractivity contribution in [3.63, 3.8) is 0 Å². The number of fused-ring (bicyclic) bond motifs is 5. The highest BCUT2D eigenvalue weighted by Gasteiger charge is 2.60. The van der Waals surface area contributed by atoms with E-state index in [4.69, 9.17) is 21.1 Å². The molecule has 0 heterocycles. The number of carbonyl (C=O) groups is 2. The lowest BCUT2D eigenvalue weighted by molar-refractivity contribution is -0.158. The molecule has 4 aliphatic carbocycles. The fourth-order valence-corrected chi connectivity index (χ4v) is 8.28. The van der Waals surface area contributed by atoms with Crippen molar-refractivity contribution in [3.8, 4) is 5.75 Å². The van der Waals surface area contributed by atoms with E-state index < -0.39 is 5.60 Å². The number of aliphatic hydroxyl groups is 1. The van der Waals surface area contributed by atoms with Crippen molar-refractivity contribution in [2.75, 3.05) is 6.61 Å². The molecule has 206 valence electrons. The van der Waals surface area contributed by atoms with Crippen molar-refractivity contribution >= 4 is 23.4 Å². The largest absolute Gasteiger partial charge is 0.476 e. The molecule has 5 rings (SSSR count). The summed E-state index contributed by atoms with van der Waals surface area (Å²) in [4.78, 5) is 23.9. The molecule has 4 fully saturated rings. The SMILES string of the molecule is CCOC(=O)C(C)(C)Oc1ccc(Cl)cc1.C[C@]12CCC(O)CC1CC[C@@H]1[C@@H]2CC[C@]2(C)C(=O)CC[C@@H]12. The van der Waals surface area contributed by atoms with Gasteiger partial charge in [-0.1, -0.05) is 25.4 Å². The number of esters is 1. The molecule has 7 atom stereocenters. The second-order valence-corrected chi connectivity index (χ2v) is 13.2. The Bertz CT molecular complexity index is 974. The van der Waals surface area contributed by atoms with Gasteiger partial charge < -0.3 is 14.6 Å². The van der Waals surface area contributed by atoms with Gasteiger partial charge in [-0.2, -0.15) is 0 Å². The van der Waals surface area contributed by atoms with Gasteiger partial charge in [0.2, 0.25) is 0 Å². The lowest BCUT2D eigenvalue weighted by Gasteiger charge is -2.60. The molecule has 0 aliphatic heterocycles. The average molecular weight is 533 g/mol. The highest BCUT2D eigenvalue weighted by atomic mass is 35.5. The highest BCUT2D eigenvalue weighted by molar-refractivity contribution is 6.30. The highest BCUT2D eigenvalue weighted by Crippen LogP contribution is 2.65. The Balaban J connectivity index is 0.000000181. The summed E-state index contributed by atoms with van der Waals surface area (Å²) in [5.41, 5.74) is -0.544. The first-order chi connectivity index (χ1) is 17.4. The maximum atomic E-state index is 12.4. The first-order valence-electron chi connectivity index (χ1n) is 14.2. The van der Waals surface area contributed by atoms with Gasteiger partial charge in [-0.3, -0.25) is 4.79 Å². The molecule has 4 saturated carbocycles. The molecule has 2 unspecified atom stereocenters. The van der Waals surface area contributed by atoms with Gasteiger partial charge in [-0.15, -0.1) is 0 Å². The van der Waals surface area contributed by atoms with Crippen LogP contribution in [0.3, 0.4) is 0 Å². The minimum atomic E-state index is -0.996. The number of aliphatic hydroxyl groups excluding tert-OH is 1. The number of Topliss-reactive ketones (excluding diaryl/α,β-unsaturated/α-hetero) is 1. The Kier molecular flexibility index (Phi) is 8.36. The lowest BCUT2D eigenvalue weighted by atomic mass is 9.45. The Hall–Kier alpha value is -1.59. The zero-order valence-electron chi connectivity index (χ0n) is 23.2. The van der Waals surface area contributed by atoms with E-state index in [1.54, 1.807) is 45.0 Å². The number of benzene rings is 1. The number of rotatable bonds is 4. The molecule has 0 spiro atoms. The number of hydrogen-bond donors (Lipinski definition) is 1. The Morgan fingerprint density at radius 2 is 1.76 bits per heavy atom. The quantitative estimate of drug-likeness (QED) is 0.422. The number of hydrogen-bond acceptors (Lipinski definition) is 5. The standard InChI is InChI=1S/C19H30O2.C12H15ClO3/c1-18-9-7-13(20)11-12(18)3-4-14-15-5-6-17(21)19(15,2)10-8-16(14)18;1-4-15-11(14)12(2,3)16-10-7-5-9(13)6-8-10/h12-16,20H,3-11H2,1-2H3;5-8H,4H2,1-3H3/t12?,13?,14-,15-,16-,18-,19-;/m0./s1. The van der Waals surface area contributed by atoms with E-state index in [0.717, 1.165) is 49.9 Å². The second-order valence-electron chi connectivity index (χ2n) is 12.8. The Labute approximate surface area is 227 Å². The number of ether oxygens (including phenoxy) is 2. The summed E-state index contributed by atoms with van der Waals surface area (Å²) in [6, 6.07) is 6.84. The minimum absolute atomic E-state index is 0.0124. The zero-order valence-corrected chi connectivity index (χ0v) is 24.0. The average Bonchev–Trinajstić information content (AvgIpc) is 3.16. The van der Waals surface area contributed by atoms with Crippen LogP contribution in [-0.4, -0.2) is 35.2 Å². The van der Waals surface area contributed by atoms with Gasteiger partial charge >= 0.3 is 5.97 Å². The molecule has 1 N–H and O–H groups in total. The summed E-state index contributed by atoms with van der Waals surface area (Å²) >= 11 is 5.75. The van der Waals surface area contributed by atoms with Crippen LogP contribution in [0, 0.1) is 34.5 Å². The van der Waals surface area contributed by atoms with E-state index in [2.05, 4.69) is 13.8 Å². The van der Waals surface area contributed by atoms with E-state index in [-0.39, 0.29) is 17.5 Å². The first kappa shape index (κ1) is 28.4. The summed E-state index contributed by atoms with van der Waals surface area (Å²) in [6.07, 6.45) is 10.1. The fraction of sp³-hybridized carbons (Fsp3) is 0.742. The molecular weight excluding hydrogens is 488 g/mol. The minimum Gasteiger partial charge on any atom is -0.476 e. The van der Waals surface area contributed by atoms with Crippen LogP contribution in [-0.2, 0) is 14.3 Å². The van der Waals surface area contributed by atoms with Crippen molar-refractivity contribution in [3.05, 3.63) is 29.3 Å².